The third-order valence-electron chi connectivity index (χ3n) is 7.04. The molecule has 1 saturated carbocycles. The van der Waals surface area contributed by atoms with E-state index in [0.29, 0.717) is 19.0 Å². The van der Waals surface area contributed by atoms with E-state index in [2.05, 4.69) is 19.1 Å². The molecule has 0 aliphatic heterocycles. The number of rotatable bonds is 10. The van der Waals surface area contributed by atoms with Crippen LogP contribution in [-0.2, 0) is 12.1 Å². The van der Waals surface area contributed by atoms with Crippen LogP contribution in [0.4, 0.5) is 0 Å². The van der Waals surface area contributed by atoms with E-state index >= 15 is 0 Å². The zero-order valence-electron chi connectivity index (χ0n) is 21.0. The molecule has 1 atom stereocenters. The number of nitrogens with zero attached hydrogens (tertiary/aromatic N) is 2. The molecule has 1 unspecified atom stereocenters. The van der Waals surface area contributed by atoms with Crippen LogP contribution in [0.3, 0.4) is 0 Å². The van der Waals surface area contributed by atoms with Crippen molar-refractivity contribution in [2.24, 2.45) is 5.92 Å². The van der Waals surface area contributed by atoms with Gasteiger partial charge < -0.3 is 31.2 Å². The lowest BCUT2D eigenvalue weighted by atomic mass is 9.77. The Balaban J connectivity index is 0.00000342. The first kappa shape index (κ1) is 27.3. The summed E-state index contributed by atoms with van der Waals surface area (Å²) in [6.07, 6.45) is 9.48. The minimum Gasteiger partial charge on any atom is -1.00 e. The Morgan fingerprint density at radius 3 is 2.26 bits per heavy atom. The molecule has 35 heavy (non-hydrogen) atoms. The number of aliphatic hydroxyl groups is 1. The highest BCUT2D eigenvalue weighted by atomic mass is 35.5. The van der Waals surface area contributed by atoms with Crippen molar-refractivity contribution in [2.45, 2.75) is 57.1 Å². The van der Waals surface area contributed by atoms with Gasteiger partial charge in [0.15, 0.2) is 11.4 Å². The maximum atomic E-state index is 12.1. The molecule has 6 heteroatoms. The first-order valence-electron chi connectivity index (χ1n) is 12.7. The maximum absolute atomic E-state index is 12.1. The summed E-state index contributed by atoms with van der Waals surface area (Å²) in [6, 6.07) is 19.9. The third-order valence-corrected chi connectivity index (χ3v) is 7.04. The lowest BCUT2D eigenvalue weighted by Gasteiger charge is -2.34. The van der Waals surface area contributed by atoms with E-state index in [-0.39, 0.29) is 18.3 Å². The zero-order valence-corrected chi connectivity index (χ0v) is 21.8. The van der Waals surface area contributed by atoms with Gasteiger partial charge in [-0.15, -0.1) is 0 Å². The third kappa shape index (κ3) is 7.09. The van der Waals surface area contributed by atoms with Crippen LogP contribution in [0, 0.1) is 5.92 Å². The highest BCUT2D eigenvalue weighted by Gasteiger charge is 2.44. The Bertz CT molecular complexity index is 1000. The van der Waals surface area contributed by atoms with Crippen LogP contribution in [0.5, 0.6) is 5.75 Å². The molecule has 1 aliphatic rings. The first-order valence-corrected chi connectivity index (χ1v) is 12.7. The van der Waals surface area contributed by atoms with Crippen molar-refractivity contribution in [1.82, 2.24) is 4.98 Å². The number of para-hydroxylation sites is 1. The summed E-state index contributed by atoms with van der Waals surface area (Å²) in [4.78, 5) is 4.64. The summed E-state index contributed by atoms with van der Waals surface area (Å²) in [5.74, 6) is 2.27. The Morgan fingerprint density at radius 1 is 0.971 bits per heavy atom. The molecule has 1 aliphatic carbocycles. The summed E-state index contributed by atoms with van der Waals surface area (Å²) in [6.45, 7) is 2.35. The number of hydrogen-bond acceptors (Lipinski definition) is 4. The van der Waals surface area contributed by atoms with Gasteiger partial charge in [0.1, 0.15) is 12.3 Å². The average Bonchev–Trinajstić information content (AvgIpc) is 3.13. The van der Waals surface area contributed by atoms with Crippen molar-refractivity contribution < 1.29 is 31.2 Å². The summed E-state index contributed by atoms with van der Waals surface area (Å²) in [5.41, 5.74) is -0.313. The smallest absolute Gasteiger partial charge is 0.231 e. The number of ether oxygens (including phenoxy) is 1. The minimum absolute atomic E-state index is 0. The topological polar surface area (TPSA) is 55.5 Å². The number of quaternary nitrogens is 1. The predicted octanol–water partition coefficient (Wildman–Crippen LogP) is 2.93. The SMILES string of the molecule is C[N+](C)(CCCOc1ccccc1)Cc1cnc(C(O)(c2ccccc2)C2CCCCCC2)o1.[Cl-]. The average molecular weight is 499 g/mol. The molecular formula is C29H39ClN2O3. The number of hydrogen-bond donors (Lipinski definition) is 1. The first-order chi connectivity index (χ1) is 16.5. The van der Waals surface area contributed by atoms with Gasteiger partial charge in [-0.3, -0.25) is 0 Å². The van der Waals surface area contributed by atoms with Gasteiger partial charge >= 0.3 is 0 Å². The molecule has 4 rings (SSSR count). The van der Waals surface area contributed by atoms with Crippen molar-refractivity contribution in [3.8, 4) is 5.75 Å². The highest BCUT2D eigenvalue weighted by Crippen LogP contribution is 2.43. The molecule has 190 valence electrons. The fraction of sp³-hybridized carbons (Fsp3) is 0.483. The second kappa shape index (κ2) is 12.6. The van der Waals surface area contributed by atoms with E-state index < -0.39 is 5.60 Å². The van der Waals surface area contributed by atoms with Gasteiger partial charge in [0.2, 0.25) is 5.89 Å². The van der Waals surface area contributed by atoms with E-state index in [1.54, 1.807) is 6.20 Å². The minimum atomic E-state index is -1.19. The molecule has 1 fully saturated rings. The molecule has 3 aromatic rings. The molecule has 0 amide bonds. The maximum Gasteiger partial charge on any atom is 0.231 e. The van der Waals surface area contributed by atoms with E-state index in [4.69, 9.17) is 9.15 Å². The van der Waals surface area contributed by atoms with Gasteiger partial charge in [0, 0.05) is 12.3 Å². The van der Waals surface area contributed by atoms with Gasteiger partial charge in [0.25, 0.3) is 0 Å². The number of aromatic nitrogens is 1. The summed E-state index contributed by atoms with van der Waals surface area (Å²) < 4.78 is 12.9. The van der Waals surface area contributed by atoms with Crippen molar-refractivity contribution in [2.75, 3.05) is 27.2 Å². The monoisotopic (exact) mass is 498 g/mol. The number of oxazole rings is 1. The predicted molar refractivity (Wildman–Crippen MR) is 134 cm³/mol. The second-order valence-corrected chi connectivity index (χ2v) is 10.3. The molecule has 0 spiro atoms. The lowest BCUT2D eigenvalue weighted by molar-refractivity contribution is -0.904. The van der Waals surface area contributed by atoms with Crippen molar-refractivity contribution >= 4 is 0 Å². The summed E-state index contributed by atoms with van der Waals surface area (Å²) in [5, 5.41) is 12.1. The molecule has 0 bridgehead atoms. The van der Waals surface area contributed by atoms with Crippen LogP contribution in [0.2, 0.25) is 0 Å². The van der Waals surface area contributed by atoms with Gasteiger partial charge in [-0.1, -0.05) is 74.2 Å². The van der Waals surface area contributed by atoms with Gasteiger partial charge in [-0.25, -0.2) is 4.98 Å². The Labute approximate surface area is 216 Å². The molecule has 5 nitrogen and oxygen atoms in total. The van der Waals surface area contributed by atoms with Crippen LogP contribution in [0.25, 0.3) is 0 Å². The van der Waals surface area contributed by atoms with E-state index in [0.717, 1.165) is 60.2 Å². The fourth-order valence-electron chi connectivity index (χ4n) is 5.18. The molecular weight excluding hydrogens is 460 g/mol. The van der Waals surface area contributed by atoms with Crippen LogP contribution in [-0.4, -0.2) is 41.8 Å². The number of halogens is 1. The van der Waals surface area contributed by atoms with E-state index in [9.17, 15) is 5.11 Å². The molecule has 1 N–H and O–H groups in total. The van der Waals surface area contributed by atoms with Gasteiger partial charge in [0.05, 0.1) is 33.4 Å². The van der Waals surface area contributed by atoms with Gasteiger partial charge in [-0.2, -0.15) is 0 Å². The largest absolute Gasteiger partial charge is 1.00 e. The van der Waals surface area contributed by atoms with Gasteiger partial charge in [-0.05, 0) is 30.5 Å². The molecule has 0 saturated heterocycles. The quantitative estimate of drug-likeness (QED) is 0.265. The van der Waals surface area contributed by atoms with Crippen LogP contribution >= 0.6 is 0 Å². The van der Waals surface area contributed by atoms with Crippen LogP contribution in [0.1, 0.15) is 62.2 Å². The Hall–Kier alpha value is -2.34. The van der Waals surface area contributed by atoms with E-state index in [1.165, 1.54) is 12.8 Å². The highest BCUT2D eigenvalue weighted by molar-refractivity contribution is 5.30. The Kier molecular flexibility index (Phi) is 9.79. The van der Waals surface area contributed by atoms with Crippen LogP contribution in [0.15, 0.2) is 71.3 Å². The Morgan fingerprint density at radius 2 is 1.60 bits per heavy atom. The van der Waals surface area contributed by atoms with Crippen LogP contribution < -0.4 is 17.1 Å². The van der Waals surface area contributed by atoms with Crippen molar-refractivity contribution in [3.63, 3.8) is 0 Å². The van der Waals surface area contributed by atoms with Crippen molar-refractivity contribution in [1.29, 1.82) is 0 Å². The summed E-state index contributed by atoms with van der Waals surface area (Å²) in [7, 11) is 4.39. The normalized spacial score (nSPS) is 16.7. The molecule has 1 heterocycles. The molecule has 2 aromatic carbocycles. The van der Waals surface area contributed by atoms with Crippen molar-refractivity contribution in [3.05, 3.63) is 84.1 Å². The molecule has 1 aromatic heterocycles. The zero-order chi connectivity index (χ0) is 23.9. The lowest BCUT2D eigenvalue weighted by Crippen LogP contribution is -3.00. The fourth-order valence-corrected chi connectivity index (χ4v) is 5.18. The number of benzene rings is 2. The standard InChI is InChI=1S/C29H39N2O3.ClH/c1-31(2,20-13-21-33-26-18-11-6-12-19-26)23-27-22-30-28(34-27)29(32,25-16-9-5-10-17-25)24-14-7-3-4-8-15-24;/h5-6,9-12,16-19,22,24,32H,3-4,7-8,13-15,20-21,23H2,1-2H3;1H/q+1;/p-1. The van der Waals surface area contributed by atoms with E-state index in [1.807, 2.05) is 60.7 Å². The second-order valence-electron chi connectivity index (χ2n) is 10.3. The summed E-state index contributed by atoms with van der Waals surface area (Å²) >= 11 is 0. The molecule has 0 radical (unpaired) electrons.